The highest BCUT2D eigenvalue weighted by molar-refractivity contribution is 6.02. The van der Waals surface area contributed by atoms with Crippen LogP contribution in [0.1, 0.15) is 28.8 Å². The highest BCUT2D eigenvalue weighted by Gasteiger charge is 2.19. The van der Waals surface area contributed by atoms with Gasteiger partial charge in [-0.05, 0) is 29.8 Å². The van der Waals surface area contributed by atoms with Crippen LogP contribution in [-0.4, -0.2) is 17.9 Å². The molecule has 0 aliphatic carbocycles. The predicted octanol–water partition coefficient (Wildman–Crippen LogP) is 3.08. The maximum atomic E-state index is 12.4. The number of hydrogen-bond donors (Lipinski definition) is 0. The number of rotatable bonds is 4. The zero-order valence-corrected chi connectivity index (χ0v) is 10.5. The van der Waals surface area contributed by atoms with Gasteiger partial charge in [0.15, 0.2) is 5.78 Å². The van der Waals surface area contributed by atoms with E-state index in [1.165, 1.54) is 0 Å². The largest absolute Gasteiger partial charge is 0.496 e. The van der Waals surface area contributed by atoms with Gasteiger partial charge in [0.2, 0.25) is 0 Å². The van der Waals surface area contributed by atoms with Crippen LogP contribution in [0.3, 0.4) is 0 Å². The van der Waals surface area contributed by atoms with Gasteiger partial charge >= 0.3 is 0 Å². The third kappa shape index (κ3) is 2.40. The zero-order chi connectivity index (χ0) is 13.0. The number of ether oxygens (including phenoxy) is 1. The third-order valence-corrected chi connectivity index (χ3v) is 2.97. The molecule has 2 rings (SSSR count). The summed E-state index contributed by atoms with van der Waals surface area (Å²) in [6.45, 7) is 1.89. The molecular formula is C15H15NO2. The molecule has 0 bridgehead atoms. The second-order valence-electron chi connectivity index (χ2n) is 4.07. The van der Waals surface area contributed by atoms with Crippen LogP contribution in [-0.2, 0) is 0 Å². The van der Waals surface area contributed by atoms with Gasteiger partial charge in [-0.1, -0.05) is 19.1 Å². The van der Waals surface area contributed by atoms with Crippen molar-refractivity contribution >= 4 is 5.78 Å². The van der Waals surface area contributed by atoms with E-state index < -0.39 is 0 Å². The second-order valence-corrected chi connectivity index (χ2v) is 4.07. The molecule has 1 heterocycles. The molecular weight excluding hydrogens is 226 g/mol. The number of ketones is 1. The van der Waals surface area contributed by atoms with E-state index in [9.17, 15) is 4.79 Å². The van der Waals surface area contributed by atoms with Crippen LogP contribution >= 0.6 is 0 Å². The van der Waals surface area contributed by atoms with Crippen LogP contribution in [0.2, 0.25) is 0 Å². The van der Waals surface area contributed by atoms with E-state index in [2.05, 4.69) is 4.98 Å². The standard InChI is InChI=1S/C15H15NO2/c1-11(12-7-9-16-10-8-12)15(17)13-5-3-4-6-14(13)18-2/h3-11H,1-2H3. The fourth-order valence-electron chi connectivity index (χ4n) is 1.88. The number of benzene rings is 1. The summed E-state index contributed by atoms with van der Waals surface area (Å²) in [5.74, 6) is 0.464. The molecule has 3 heteroatoms. The lowest BCUT2D eigenvalue weighted by Gasteiger charge is -2.13. The number of Topliss-reactive ketones (excluding diaryl/α,β-unsaturated/α-hetero) is 1. The van der Waals surface area contributed by atoms with Crippen LogP contribution in [0.15, 0.2) is 48.8 Å². The van der Waals surface area contributed by atoms with E-state index in [1.54, 1.807) is 31.6 Å². The Bertz CT molecular complexity index is 537. The molecule has 0 saturated heterocycles. The number of para-hydroxylation sites is 1. The first kappa shape index (κ1) is 12.3. The molecule has 1 aromatic heterocycles. The molecule has 0 aliphatic heterocycles. The Hall–Kier alpha value is -2.16. The molecule has 92 valence electrons. The van der Waals surface area contributed by atoms with Crippen molar-refractivity contribution in [1.29, 1.82) is 0 Å². The predicted molar refractivity (Wildman–Crippen MR) is 70.0 cm³/mol. The van der Waals surface area contributed by atoms with Crippen LogP contribution in [0.5, 0.6) is 5.75 Å². The summed E-state index contributed by atoms with van der Waals surface area (Å²) in [6, 6.07) is 11.0. The summed E-state index contributed by atoms with van der Waals surface area (Å²) in [7, 11) is 1.57. The first-order valence-corrected chi connectivity index (χ1v) is 5.81. The number of pyridine rings is 1. The number of carbonyl (C=O) groups is 1. The molecule has 2 aromatic rings. The average molecular weight is 241 g/mol. The Morgan fingerprint density at radius 2 is 1.83 bits per heavy atom. The first-order chi connectivity index (χ1) is 8.74. The summed E-state index contributed by atoms with van der Waals surface area (Å²) in [4.78, 5) is 16.4. The minimum absolute atomic E-state index is 0.0543. The summed E-state index contributed by atoms with van der Waals surface area (Å²) in [5, 5.41) is 0. The van der Waals surface area contributed by atoms with Gasteiger partial charge in [-0.2, -0.15) is 0 Å². The van der Waals surface area contributed by atoms with Crippen molar-refractivity contribution in [3.63, 3.8) is 0 Å². The normalized spacial score (nSPS) is 11.9. The maximum absolute atomic E-state index is 12.4. The lowest BCUT2D eigenvalue weighted by molar-refractivity contribution is 0.0963. The third-order valence-electron chi connectivity index (χ3n) is 2.97. The molecule has 0 saturated carbocycles. The fraction of sp³-hybridized carbons (Fsp3) is 0.200. The molecule has 0 fully saturated rings. The van der Waals surface area contributed by atoms with Crippen LogP contribution < -0.4 is 4.74 Å². The Labute approximate surface area is 106 Å². The molecule has 18 heavy (non-hydrogen) atoms. The molecule has 0 N–H and O–H groups in total. The lowest BCUT2D eigenvalue weighted by Crippen LogP contribution is -2.11. The van der Waals surface area contributed by atoms with Crippen LogP contribution in [0.25, 0.3) is 0 Å². The van der Waals surface area contributed by atoms with Gasteiger partial charge in [-0.3, -0.25) is 9.78 Å². The monoisotopic (exact) mass is 241 g/mol. The number of carbonyl (C=O) groups excluding carboxylic acids is 1. The van der Waals surface area contributed by atoms with E-state index >= 15 is 0 Å². The highest BCUT2D eigenvalue weighted by Crippen LogP contribution is 2.25. The summed E-state index contributed by atoms with van der Waals surface area (Å²) < 4.78 is 5.22. The summed E-state index contributed by atoms with van der Waals surface area (Å²) >= 11 is 0. The van der Waals surface area contributed by atoms with E-state index in [4.69, 9.17) is 4.74 Å². The van der Waals surface area contributed by atoms with Crippen molar-refractivity contribution in [3.05, 3.63) is 59.9 Å². The van der Waals surface area contributed by atoms with E-state index in [1.807, 2.05) is 31.2 Å². The van der Waals surface area contributed by atoms with Gasteiger partial charge in [-0.15, -0.1) is 0 Å². The van der Waals surface area contributed by atoms with Crippen molar-refractivity contribution in [2.24, 2.45) is 0 Å². The van der Waals surface area contributed by atoms with Crippen molar-refractivity contribution < 1.29 is 9.53 Å². The van der Waals surface area contributed by atoms with Gasteiger partial charge in [0.05, 0.1) is 12.7 Å². The molecule has 0 radical (unpaired) electrons. The van der Waals surface area contributed by atoms with Gasteiger partial charge in [0.25, 0.3) is 0 Å². The molecule has 0 amide bonds. The van der Waals surface area contributed by atoms with Crippen molar-refractivity contribution in [3.8, 4) is 5.75 Å². The minimum atomic E-state index is -0.204. The van der Waals surface area contributed by atoms with Gasteiger partial charge in [0.1, 0.15) is 5.75 Å². The first-order valence-electron chi connectivity index (χ1n) is 5.81. The van der Waals surface area contributed by atoms with Gasteiger partial charge in [0, 0.05) is 18.3 Å². The number of nitrogens with zero attached hydrogens (tertiary/aromatic N) is 1. The zero-order valence-electron chi connectivity index (χ0n) is 10.5. The van der Waals surface area contributed by atoms with E-state index in [0.717, 1.165) is 5.56 Å². The van der Waals surface area contributed by atoms with Gasteiger partial charge < -0.3 is 4.74 Å². The van der Waals surface area contributed by atoms with Crippen LogP contribution in [0, 0.1) is 0 Å². The number of hydrogen-bond acceptors (Lipinski definition) is 3. The van der Waals surface area contributed by atoms with Gasteiger partial charge in [-0.25, -0.2) is 0 Å². The van der Waals surface area contributed by atoms with Crippen molar-refractivity contribution in [2.75, 3.05) is 7.11 Å². The smallest absolute Gasteiger partial charge is 0.173 e. The lowest BCUT2D eigenvalue weighted by atomic mass is 9.92. The quantitative estimate of drug-likeness (QED) is 0.772. The molecule has 0 spiro atoms. The highest BCUT2D eigenvalue weighted by atomic mass is 16.5. The molecule has 3 nitrogen and oxygen atoms in total. The Kier molecular flexibility index (Phi) is 3.72. The fourth-order valence-corrected chi connectivity index (χ4v) is 1.88. The Morgan fingerprint density at radius 3 is 2.50 bits per heavy atom. The number of methoxy groups -OCH3 is 1. The molecule has 1 aromatic carbocycles. The second kappa shape index (κ2) is 5.45. The molecule has 0 aliphatic rings. The summed E-state index contributed by atoms with van der Waals surface area (Å²) in [5.41, 5.74) is 1.57. The SMILES string of the molecule is COc1ccccc1C(=O)C(C)c1ccncc1. The Morgan fingerprint density at radius 1 is 1.17 bits per heavy atom. The minimum Gasteiger partial charge on any atom is -0.496 e. The van der Waals surface area contributed by atoms with E-state index in [0.29, 0.717) is 11.3 Å². The number of aromatic nitrogens is 1. The van der Waals surface area contributed by atoms with E-state index in [-0.39, 0.29) is 11.7 Å². The molecule has 1 atom stereocenters. The Balaban J connectivity index is 2.32. The van der Waals surface area contributed by atoms with Crippen molar-refractivity contribution in [1.82, 2.24) is 4.98 Å². The van der Waals surface area contributed by atoms with Crippen LogP contribution in [0.4, 0.5) is 0 Å². The maximum Gasteiger partial charge on any atom is 0.173 e. The van der Waals surface area contributed by atoms with Crippen molar-refractivity contribution in [2.45, 2.75) is 12.8 Å². The summed E-state index contributed by atoms with van der Waals surface area (Å²) in [6.07, 6.45) is 3.39. The average Bonchev–Trinajstić information content (AvgIpc) is 2.46. The molecule has 1 unspecified atom stereocenters. The topological polar surface area (TPSA) is 39.2 Å².